The van der Waals surface area contributed by atoms with Gasteiger partial charge in [0.2, 0.25) is 10.0 Å². The fraction of sp³-hybridized carbons (Fsp3) is 0.571. The van der Waals surface area contributed by atoms with E-state index in [-0.39, 0.29) is 4.90 Å². The van der Waals surface area contributed by atoms with Gasteiger partial charge in [-0.3, -0.25) is 0 Å². The molecular weight excluding hydrogens is 298 g/mol. The number of benzene rings is 1. The number of sulfonamides is 1. The lowest BCUT2D eigenvalue weighted by molar-refractivity contribution is 0.222. The van der Waals surface area contributed by atoms with E-state index in [1.807, 2.05) is 0 Å². The van der Waals surface area contributed by atoms with Crippen LogP contribution in [0.3, 0.4) is 0 Å². The minimum atomic E-state index is -3.57. The Bertz CT molecular complexity index is 578. The molecule has 0 N–H and O–H groups in total. The Morgan fingerprint density at radius 3 is 2.40 bits per heavy atom. The second kappa shape index (κ2) is 5.92. The van der Waals surface area contributed by atoms with Crippen molar-refractivity contribution in [1.29, 1.82) is 0 Å². The molecule has 20 heavy (non-hydrogen) atoms. The van der Waals surface area contributed by atoms with E-state index in [2.05, 4.69) is 13.8 Å². The van der Waals surface area contributed by atoms with Gasteiger partial charge in [-0.2, -0.15) is 4.31 Å². The maximum Gasteiger partial charge on any atom is 0.246 e. The molecule has 1 aliphatic rings. The normalized spacial score (nSPS) is 24.6. The van der Waals surface area contributed by atoms with Gasteiger partial charge in [0.1, 0.15) is 10.6 Å². The quantitative estimate of drug-likeness (QED) is 0.861. The van der Waals surface area contributed by atoms with Crippen LogP contribution in [0.2, 0.25) is 5.02 Å². The summed E-state index contributed by atoms with van der Waals surface area (Å²) < 4.78 is 32.3. The molecule has 0 spiro atoms. The van der Waals surface area contributed by atoms with Gasteiger partial charge in [-0.15, -0.1) is 0 Å². The molecule has 0 amide bonds. The first kappa shape index (κ1) is 15.6. The predicted octanol–water partition coefficient (Wildman–Crippen LogP) is 3.02. The third kappa shape index (κ3) is 3.10. The molecule has 1 fully saturated rings. The van der Waals surface area contributed by atoms with Crippen LogP contribution in [-0.4, -0.2) is 32.9 Å². The molecule has 1 aromatic carbocycles. The third-order valence-corrected chi connectivity index (χ3v) is 5.67. The molecule has 2 unspecified atom stereocenters. The van der Waals surface area contributed by atoms with E-state index in [1.165, 1.54) is 13.2 Å². The van der Waals surface area contributed by atoms with Crippen molar-refractivity contribution in [2.75, 3.05) is 20.2 Å². The minimum absolute atomic E-state index is 0.147. The van der Waals surface area contributed by atoms with Gasteiger partial charge in [0.15, 0.2) is 0 Å². The van der Waals surface area contributed by atoms with E-state index >= 15 is 0 Å². The number of rotatable bonds is 3. The fourth-order valence-corrected chi connectivity index (χ4v) is 4.89. The van der Waals surface area contributed by atoms with Crippen molar-refractivity contribution in [3.63, 3.8) is 0 Å². The molecule has 0 saturated carbocycles. The third-order valence-electron chi connectivity index (χ3n) is 3.58. The summed E-state index contributed by atoms with van der Waals surface area (Å²) in [5, 5.41) is 0.391. The van der Waals surface area contributed by atoms with Crippen LogP contribution in [0.4, 0.5) is 0 Å². The van der Waals surface area contributed by atoms with E-state index in [1.54, 1.807) is 16.4 Å². The second-order valence-electron chi connectivity index (χ2n) is 5.56. The monoisotopic (exact) mass is 317 g/mol. The van der Waals surface area contributed by atoms with Crippen LogP contribution in [0, 0.1) is 11.8 Å². The largest absolute Gasteiger partial charge is 0.495 e. The lowest BCUT2D eigenvalue weighted by Gasteiger charge is -2.34. The van der Waals surface area contributed by atoms with Crippen molar-refractivity contribution in [3.05, 3.63) is 23.2 Å². The number of methoxy groups -OCH3 is 1. The molecule has 4 nitrogen and oxygen atoms in total. The first-order valence-corrected chi connectivity index (χ1v) is 8.50. The van der Waals surface area contributed by atoms with Gasteiger partial charge in [-0.25, -0.2) is 8.42 Å². The van der Waals surface area contributed by atoms with E-state index in [0.717, 1.165) is 6.42 Å². The van der Waals surface area contributed by atoms with Crippen LogP contribution in [0.1, 0.15) is 20.3 Å². The smallest absolute Gasteiger partial charge is 0.246 e. The van der Waals surface area contributed by atoms with Gasteiger partial charge in [0.05, 0.1) is 7.11 Å². The Morgan fingerprint density at radius 2 is 1.85 bits per heavy atom. The zero-order valence-electron chi connectivity index (χ0n) is 12.0. The van der Waals surface area contributed by atoms with E-state index in [0.29, 0.717) is 35.7 Å². The molecule has 1 aliphatic heterocycles. The van der Waals surface area contributed by atoms with Crippen molar-refractivity contribution >= 4 is 21.6 Å². The summed E-state index contributed by atoms with van der Waals surface area (Å²) >= 11 is 5.94. The maximum absolute atomic E-state index is 12.8. The molecule has 1 aromatic rings. The first-order valence-electron chi connectivity index (χ1n) is 6.68. The fourth-order valence-electron chi connectivity index (χ4n) is 2.79. The van der Waals surface area contributed by atoms with Crippen LogP contribution >= 0.6 is 11.6 Å². The zero-order valence-corrected chi connectivity index (χ0v) is 13.5. The molecule has 0 bridgehead atoms. The summed E-state index contributed by atoms with van der Waals surface area (Å²) in [6.07, 6.45) is 1.05. The Balaban J connectivity index is 2.42. The summed E-state index contributed by atoms with van der Waals surface area (Å²) in [4.78, 5) is 0.147. The molecule has 0 aliphatic carbocycles. The topological polar surface area (TPSA) is 46.6 Å². The SMILES string of the molecule is COc1ccc(Cl)cc1S(=O)(=O)N1CC(C)CC(C)C1. The summed E-state index contributed by atoms with van der Waals surface area (Å²) in [6.45, 7) is 5.24. The zero-order chi connectivity index (χ0) is 14.9. The number of piperidine rings is 1. The van der Waals surface area contributed by atoms with E-state index in [4.69, 9.17) is 16.3 Å². The summed E-state index contributed by atoms with van der Waals surface area (Å²) in [5.74, 6) is 1.05. The Morgan fingerprint density at radius 1 is 1.25 bits per heavy atom. The highest BCUT2D eigenvalue weighted by atomic mass is 35.5. The second-order valence-corrected chi connectivity index (χ2v) is 7.91. The average molecular weight is 318 g/mol. The first-order chi connectivity index (χ1) is 9.34. The summed E-state index contributed by atoms with van der Waals surface area (Å²) in [5.41, 5.74) is 0. The van der Waals surface area contributed by atoms with Gasteiger partial charge >= 0.3 is 0 Å². The summed E-state index contributed by atoms with van der Waals surface area (Å²) in [7, 11) is -2.11. The number of ether oxygens (including phenoxy) is 1. The highest BCUT2D eigenvalue weighted by Gasteiger charge is 2.33. The van der Waals surface area contributed by atoms with Crippen LogP contribution in [0.15, 0.2) is 23.1 Å². The Labute approximate surface area is 125 Å². The van der Waals surface area contributed by atoms with Gasteiger partial charge in [-0.05, 0) is 36.5 Å². The number of nitrogens with zero attached hydrogens (tertiary/aromatic N) is 1. The molecular formula is C14H20ClNO3S. The van der Waals surface area contributed by atoms with E-state index < -0.39 is 10.0 Å². The van der Waals surface area contributed by atoms with Crippen LogP contribution < -0.4 is 4.74 Å². The average Bonchev–Trinajstić information content (AvgIpc) is 2.37. The van der Waals surface area contributed by atoms with Crippen molar-refractivity contribution in [3.8, 4) is 5.75 Å². The van der Waals surface area contributed by atoms with E-state index in [9.17, 15) is 8.42 Å². The lowest BCUT2D eigenvalue weighted by Crippen LogP contribution is -2.42. The molecule has 0 radical (unpaired) electrons. The van der Waals surface area contributed by atoms with Gasteiger partial charge in [0.25, 0.3) is 0 Å². The highest BCUT2D eigenvalue weighted by Crippen LogP contribution is 2.32. The number of hydrogen-bond acceptors (Lipinski definition) is 3. The van der Waals surface area contributed by atoms with Gasteiger partial charge in [0, 0.05) is 18.1 Å². The summed E-state index contributed by atoms with van der Waals surface area (Å²) in [6, 6.07) is 4.67. The molecule has 2 rings (SSSR count). The number of halogens is 1. The molecule has 6 heteroatoms. The van der Waals surface area contributed by atoms with Crippen LogP contribution in [0.25, 0.3) is 0 Å². The predicted molar refractivity (Wildman–Crippen MR) is 79.7 cm³/mol. The van der Waals surface area contributed by atoms with Crippen LogP contribution in [0.5, 0.6) is 5.75 Å². The van der Waals surface area contributed by atoms with Gasteiger partial charge < -0.3 is 4.74 Å². The lowest BCUT2D eigenvalue weighted by atomic mass is 9.94. The van der Waals surface area contributed by atoms with Crippen molar-refractivity contribution in [2.24, 2.45) is 11.8 Å². The van der Waals surface area contributed by atoms with Crippen molar-refractivity contribution < 1.29 is 13.2 Å². The molecule has 1 saturated heterocycles. The molecule has 112 valence electrons. The number of hydrogen-bond donors (Lipinski definition) is 0. The minimum Gasteiger partial charge on any atom is -0.495 e. The Kier molecular flexibility index (Phi) is 4.62. The Hall–Kier alpha value is -0.780. The maximum atomic E-state index is 12.8. The molecule has 1 heterocycles. The molecule has 0 aromatic heterocycles. The highest BCUT2D eigenvalue weighted by molar-refractivity contribution is 7.89. The van der Waals surface area contributed by atoms with Gasteiger partial charge in [-0.1, -0.05) is 25.4 Å². The van der Waals surface area contributed by atoms with Crippen molar-refractivity contribution in [2.45, 2.75) is 25.2 Å². The standard InChI is InChI=1S/C14H20ClNO3S/c1-10-6-11(2)9-16(8-10)20(17,18)14-7-12(15)4-5-13(14)19-3/h4-5,7,10-11H,6,8-9H2,1-3H3. The van der Waals surface area contributed by atoms with Crippen molar-refractivity contribution in [1.82, 2.24) is 4.31 Å². The molecule has 2 atom stereocenters. The van der Waals surface area contributed by atoms with Crippen LogP contribution in [-0.2, 0) is 10.0 Å².